The van der Waals surface area contributed by atoms with Crippen LogP contribution in [0.15, 0.2) is 72.0 Å². The van der Waals surface area contributed by atoms with Crippen LogP contribution in [0, 0.1) is 0 Å². The van der Waals surface area contributed by atoms with Gasteiger partial charge >= 0.3 is 0 Å². The van der Waals surface area contributed by atoms with E-state index in [2.05, 4.69) is 45.1 Å². The Labute approximate surface area is 200 Å². The maximum atomic E-state index is 12.3. The topological polar surface area (TPSA) is 83.3 Å². The summed E-state index contributed by atoms with van der Waals surface area (Å²) in [5.41, 5.74) is 4.32. The highest BCUT2D eigenvalue weighted by Gasteiger charge is 2.07. The van der Waals surface area contributed by atoms with Gasteiger partial charge in [-0.15, -0.1) is 24.0 Å². The Morgan fingerprint density at radius 2 is 1.87 bits per heavy atom. The van der Waals surface area contributed by atoms with Gasteiger partial charge < -0.3 is 16.0 Å². The van der Waals surface area contributed by atoms with Crippen LogP contribution < -0.4 is 16.0 Å². The van der Waals surface area contributed by atoms with Crippen LogP contribution in [-0.2, 0) is 24.3 Å². The van der Waals surface area contributed by atoms with E-state index < -0.39 is 0 Å². The Morgan fingerprint density at radius 1 is 1.06 bits per heavy atom. The standard InChI is InChI=1S/C23H28N6O.HI/c1-3-18-8-6-11-21(14-18)28-22(30)16-26-23(24-2)25-15-19-9-4-5-10-20(19)17-29-13-7-12-27-29;/h4-14H,3,15-17H2,1-2H3,(H,28,30)(H2,24,25,26);1H. The molecule has 1 amide bonds. The van der Waals surface area contributed by atoms with E-state index >= 15 is 0 Å². The average Bonchev–Trinajstić information content (AvgIpc) is 3.28. The maximum Gasteiger partial charge on any atom is 0.243 e. The summed E-state index contributed by atoms with van der Waals surface area (Å²) in [7, 11) is 1.69. The fourth-order valence-electron chi connectivity index (χ4n) is 3.09. The van der Waals surface area contributed by atoms with Gasteiger partial charge in [-0.2, -0.15) is 5.10 Å². The van der Waals surface area contributed by atoms with Crippen molar-refractivity contribution >= 4 is 41.5 Å². The number of benzene rings is 2. The summed E-state index contributed by atoms with van der Waals surface area (Å²) in [6.45, 7) is 3.52. The Hall–Kier alpha value is -2.88. The minimum Gasteiger partial charge on any atom is -0.352 e. The third-order valence-electron chi connectivity index (χ3n) is 4.72. The van der Waals surface area contributed by atoms with Crippen molar-refractivity contribution in [1.29, 1.82) is 0 Å². The largest absolute Gasteiger partial charge is 0.352 e. The number of hydrogen-bond acceptors (Lipinski definition) is 3. The van der Waals surface area contributed by atoms with Gasteiger partial charge in [-0.3, -0.25) is 14.5 Å². The van der Waals surface area contributed by atoms with Gasteiger partial charge in [0.2, 0.25) is 5.91 Å². The number of nitrogens with one attached hydrogen (secondary N) is 3. The van der Waals surface area contributed by atoms with Crippen molar-refractivity contribution in [2.45, 2.75) is 26.4 Å². The molecule has 1 heterocycles. The predicted molar refractivity (Wildman–Crippen MR) is 136 cm³/mol. The van der Waals surface area contributed by atoms with Crippen LogP contribution in [0.3, 0.4) is 0 Å². The van der Waals surface area contributed by atoms with Crippen LogP contribution >= 0.6 is 24.0 Å². The number of aryl methyl sites for hydroxylation is 1. The molecule has 0 saturated heterocycles. The predicted octanol–water partition coefficient (Wildman–Crippen LogP) is 3.42. The van der Waals surface area contributed by atoms with E-state index in [1.165, 1.54) is 11.1 Å². The number of guanidine groups is 1. The second-order valence-corrected chi connectivity index (χ2v) is 6.85. The number of carbonyl (C=O) groups is 1. The summed E-state index contributed by atoms with van der Waals surface area (Å²) in [5.74, 6) is 0.451. The summed E-state index contributed by atoms with van der Waals surface area (Å²) < 4.78 is 1.89. The molecule has 0 aliphatic carbocycles. The monoisotopic (exact) mass is 532 g/mol. The first-order valence-corrected chi connectivity index (χ1v) is 10.1. The molecule has 0 fully saturated rings. The Kier molecular flexibility index (Phi) is 10.0. The molecule has 0 atom stereocenters. The molecular weight excluding hydrogens is 503 g/mol. The third kappa shape index (κ3) is 7.71. The van der Waals surface area contributed by atoms with E-state index in [1.54, 1.807) is 13.2 Å². The zero-order valence-corrected chi connectivity index (χ0v) is 20.2. The number of anilines is 1. The highest BCUT2D eigenvalue weighted by atomic mass is 127. The summed E-state index contributed by atoms with van der Waals surface area (Å²) >= 11 is 0. The van der Waals surface area contributed by atoms with Crippen LogP contribution in [0.25, 0.3) is 0 Å². The van der Waals surface area contributed by atoms with Gasteiger partial charge in [0.15, 0.2) is 5.96 Å². The Bertz CT molecular complexity index is 987. The second-order valence-electron chi connectivity index (χ2n) is 6.85. The summed E-state index contributed by atoms with van der Waals surface area (Å²) in [6, 6.07) is 18.0. The molecule has 3 rings (SSSR count). The number of halogens is 1. The number of hydrogen-bond donors (Lipinski definition) is 3. The summed E-state index contributed by atoms with van der Waals surface area (Å²) in [6.07, 6.45) is 4.65. The number of aromatic nitrogens is 2. The molecule has 0 aliphatic heterocycles. The molecule has 0 aliphatic rings. The lowest BCUT2D eigenvalue weighted by Crippen LogP contribution is -2.41. The van der Waals surface area contributed by atoms with Gasteiger partial charge in [0.25, 0.3) is 0 Å². The van der Waals surface area contributed by atoms with E-state index in [-0.39, 0.29) is 36.4 Å². The molecule has 1 aromatic heterocycles. The fourth-order valence-corrected chi connectivity index (χ4v) is 3.09. The molecule has 0 radical (unpaired) electrons. The van der Waals surface area contributed by atoms with Crippen molar-refractivity contribution < 1.29 is 4.79 Å². The van der Waals surface area contributed by atoms with E-state index in [0.717, 1.165) is 17.7 Å². The fraction of sp³-hybridized carbons (Fsp3) is 0.261. The van der Waals surface area contributed by atoms with Crippen molar-refractivity contribution in [1.82, 2.24) is 20.4 Å². The molecule has 0 bridgehead atoms. The summed E-state index contributed by atoms with van der Waals surface area (Å²) in [4.78, 5) is 16.5. The van der Waals surface area contributed by atoms with E-state index in [9.17, 15) is 4.79 Å². The van der Waals surface area contributed by atoms with Gasteiger partial charge in [0, 0.05) is 31.7 Å². The number of aliphatic imine (C=N–C) groups is 1. The number of rotatable bonds is 8. The van der Waals surface area contributed by atoms with Gasteiger partial charge in [-0.25, -0.2) is 0 Å². The van der Waals surface area contributed by atoms with Crippen molar-refractivity contribution in [2.24, 2.45) is 4.99 Å². The number of amides is 1. The van der Waals surface area contributed by atoms with Crippen molar-refractivity contribution in [3.63, 3.8) is 0 Å². The Morgan fingerprint density at radius 3 is 2.58 bits per heavy atom. The second kappa shape index (κ2) is 12.7. The highest BCUT2D eigenvalue weighted by Crippen LogP contribution is 2.11. The lowest BCUT2D eigenvalue weighted by atomic mass is 10.1. The third-order valence-corrected chi connectivity index (χ3v) is 4.72. The first kappa shape index (κ1) is 24.4. The van der Waals surface area contributed by atoms with Gasteiger partial charge in [0.1, 0.15) is 0 Å². The van der Waals surface area contributed by atoms with Crippen LogP contribution in [0.1, 0.15) is 23.6 Å². The first-order chi connectivity index (χ1) is 14.7. The average molecular weight is 532 g/mol. The number of carbonyl (C=O) groups excluding carboxylic acids is 1. The Balaban J connectivity index is 0.00000341. The van der Waals surface area contributed by atoms with Crippen molar-refractivity contribution in [3.8, 4) is 0 Å². The maximum absolute atomic E-state index is 12.3. The minimum atomic E-state index is -0.120. The quantitative estimate of drug-likeness (QED) is 0.236. The van der Waals surface area contributed by atoms with Gasteiger partial charge in [-0.1, -0.05) is 43.3 Å². The summed E-state index contributed by atoms with van der Waals surface area (Å²) in [5, 5.41) is 13.5. The van der Waals surface area contributed by atoms with Gasteiger partial charge in [-0.05, 0) is 41.3 Å². The molecular formula is C23H29IN6O. The van der Waals surface area contributed by atoms with Gasteiger partial charge in [0.05, 0.1) is 13.1 Å². The van der Waals surface area contributed by atoms with Crippen molar-refractivity contribution in [2.75, 3.05) is 18.9 Å². The molecule has 7 nitrogen and oxygen atoms in total. The zero-order valence-electron chi connectivity index (χ0n) is 17.8. The van der Waals surface area contributed by atoms with Crippen molar-refractivity contribution in [3.05, 3.63) is 83.7 Å². The molecule has 8 heteroatoms. The molecule has 0 spiro atoms. The first-order valence-electron chi connectivity index (χ1n) is 10.1. The SMILES string of the molecule is CCc1cccc(NC(=O)CNC(=NC)NCc2ccccc2Cn2cccn2)c1.I. The van der Waals surface area contributed by atoms with E-state index in [4.69, 9.17) is 0 Å². The number of nitrogens with zero attached hydrogens (tertiary/aromatic N) is 3. The minimum absolute atomic E-state index is 0. The molecule has 0 saturated carbocycles. The lowest BCUT2D eigenvalue weighted by Gasteiger charge is -2.14. The highest BCUT2D eigenvalue weighted by molar-refractivity contribution is 14.0. The van der Waals surface area contributed by atoms with Crippen LogP contribution in [-0.4, -0.2) is 35.2 Å². The van der Waals surface area contributed by atoms with Crippen LogP contribution in [0.4, 0.5) is 5.69 Å². The smallest absolute Gasteiger partial charge is 0.243 e. The normalized spacial score (nSPS) is 10.8. The van der Waals surface area contributed by atoms with E-state index in [0.29, 0.717) is 19.0 Å². The van der Waals surface area contributed by atoms with Crippen LogP contribution in [0.5, 0.6) is 0 Å². The molecule has 164 valence electrons. The lowest BCUT2D eigenvalue weighted by molar-refractivity contribution is -0.115. The molecule has 31 heavy (non-hydrogen) atoms. The zero-order chi connectivity index (χ0) is 21.2. The molecule has 2 aromatic carbocycles. The molecule has 0 unspecified atom stereocenters. The molecule has 3 aromatic rings. The molecule has 3 N–H and O–H groups in total. The van der Waals surface area contributed by atoms with Crippen LogP contribution in [0.2, 0.25) is 0 Å². The van der Waals surface area contributed by atoms with E-state index in [1.807, 2.05) is 53.3 Å².